The van der Waals surface area contributed by atoms with Crippen LogP contribution in [0.4, 0.5) is 5.69 Å². The second kappa shape index (κ2) is 6.97. The van der Waals surface area contributed by atoms with E-state index in [0.717, 1.165) is 4.31 Å². The maximum absolute atomic E-state index is 12.7. The molecule has 0 fully saturated rings. The summed E-state index contributed by atoms with van der Waals surface area (Å²) in [5.41, 5.74) is 0.0554. The third-order valence-corrected chi connectivity index (χ3v) is 5.29. The van der Waals surface area contributed by atoms with Gasteiger partial charge in [0.15, 0.2) is 0 Å². The van der Waals surface area contributed by atoms with Crippen LogP contribution in [0.25, 0.3) is 0 Å². The van der Waals surface area contributed by atoms with Crippen LogP contribution in [0.2, 0.25) is 15.1 Å². The number of anilines is 1. The molecule has 0 radical (unpaired) electrons. The quantitative estimate of drug-likeness (QED) is 0.834. The van der Waals surface area contributed by atoms with E-state index in [1.807, 2.05) is 0 Å². The van der Waals surface area contributed by atoms with Gasteiger partial charge >= 0.3 is 5.97 Å². The predicted octanol–water partition coefficient (Wildman–Crippen LogP) is 3.93. The zero-order chi connectivity index (χ0) is 17.2. The molecule has 0 saturated carbocycles. The van der Waals surface area contributed by atoms with Crippen molar-refractivity contribution in [2.45, 2.75) is 4.90 Å². The summed E-state index contributed by atoms with van der Waals surface area (Å²) in [7, 11) is -4.12. The van der Waals surface area contributed by atoms with Gasteiger partial charge < -0.3 is 5.11 Å². The number of halogens is 3. The Morgan fingerprint density at radius 2 is 1.48 bits per heavy atom. The molecule has 122 valence electrons. The first-order valence-corrected chi connectivity index (χ1v) is 8.74. The van der Waals surface area contributed by atoms with Crippen LogP contribution in [0.5, 0.6) is 0 Å². The molecular formula is C14H10Cl3NO4S. The summed E-state index contributed by atoms with van der Waals surface area (Å²) in [5.74, 6) is -1.32. The molecule has 2 aromatic rings. The summed E-state index contributed by atoms with van der Waals surface area (Å²) in [6.45, 7) is -0.776. The number of carboxylic acids is 1. The van der Waals surface area contributed by atoms with Crippen molar-refractivity contribution >= 4 is 56.5 Å². The van der Waals surface area contributed by atoms with Crippen LogP contribution < -0.4 is 4.31 Å². The van der Waals surface area contributed by atoms with E-state index in [0.29, 0.717) is 5.02 Å². The number of hydrogen-bond donors (Lipinski definition) is 1. The molecule has 2 rings (SSSR count). The number of carboxylic acid groups (broad SMARTS) is 1. The molecule has 2 aromatic carbocycles. The molecule has 9 heteroatoms. The molecular weight excluding hydrogens is 385 g/mol. The van der Waals surface area contributed by atoms with E-state index in [9.17, 15) is 13.2 Å². The molecule has 0 saturated heterocycles. The van der Waals surface area contributed by atoms with Gasteiger partial charge in [-0.3, -0.25) is 9.10 Å². The van der Waals surface area contributed by atoms with Crippen molar-refractivity contribution in [3.05, 3.63) is 57.5 Å². The largest absolute Gasteiger partial charge is 0.480 e. The number of aliphatic carboxylic acids is 1. The number of nitrogens with zero attached hydrogens (tertiary/aromatic N) is 1. The maximum atomic E-state index is 12.7. The smallest absolute Gasteiger partial charge is 0.324 e. The summed E-state index contributed by atoms with van der Waals surface area (Å²) >= 11 is 17.5. The topological polar surface area (TPSA) is 74.7 Å². The van der Waals surface area contributed by atoms with Crippen molar-refractivity contribution in [2.75, 3.05) is 10.8 Å². The van der Waals surface area contributed by atoms with Crippen molar-refractivity contribution in [3.63, 3.8) is 0 Å². The molecule has 0 aliphatic carbocycles. The molecule has 0 heterocycles. The predicted molar refractivity (Wildman–Crippen MR) is 90.1 cm³/mol. The zero-order valence-electron chi connectivity index (χ0n) is 11.4. The first kappa shape index (κ1) is 17.9. The first-order valence-electron chi connectivity index (χ1n) is 6.16. The third-order valence-electron chi connectivity index (χ3n) is 2.82. The van der Waals surface area contributed by atoms with Gasteiger partial charge in [0.25, 0.3) is 10.0 Å². The van der Waals surface area contributed by atoms with Gasteiger partial charge in [0, 0.05) is 15.1 Å². The molecule has 0 aliphatic rings. The van der Waals surface area contributed by atoms with E-state index in [4.69, 9.17) is 39.9 Å². The second-order valence-electron chi connectivity index (χ2n) is 4.49. The molecule has 0 aromatic heterocycles. The van der Waals surface area contributed by atoms with Crippen LogP contribution in [0, 0.1) is 0 Å². The molecule has 0 aliphatic heterocycles. The van der Waals surface area contributed by atoms with Crippen LogP contribution in [0.1, 0.15) is 0 Å². The molecule has 5 nitrogen and oxygen atoms in total. The SMILES string of the molecule is O=C(O)CN(c1cc(Cl)cc(Cl)c1)S(=O)(=O)c1ccc(Cl)cc1. The van der Waals surface area contributed by atoms with Gasteiger partial charge in [0.05, 0.1) is 10.6 Å². The Morgan fingerprint density at radius 3 is 1.96 bits per heavy atom. The number of carbonyl (C=O) groups is 1. The average Bonchev–Trinajstić information content (AvgIpc) is 2.43. The van der Waals surface area contributed by atoms with Crippen LogP contribution in [-0.2, 0) is 14.8 Å². The third kappa shape index (κ3) is 4.29. The standard InChI is InChI=1S/C14H10Cl3NO4S/c15-9-1-3-13(4-2-9)23(21,22)18(8-14(19)20)12-6-10(16)5-11(17)7-12/h1-7H,8H2,(H,19,20). The van der Waals surface area contributed by atoms with Gasteiger partial charge in [-0.15, -0.1) is 0 Å². The van der Waals surface area contributed by atoms with Gasteiger partial charge in [-0.1, -0.05) is 34.8 Å². The lowest BCUT2D eigenvalue weighted by molar-refractivity contribution is -0.135. The lowest BCUT2D eigenvalue weighted by Crippen LogP contribution is -2.35. The van der Waals surface area contributed by atoms with Crippen molar-refractivity contribution in [1.29, 1.82) is 0 Å². The van der Waals surface area contributed by atoms with Crippen molar-refractivity contribution < 1.29 is 18.3 Å². The molecule has 0 amide bonds. The Kier molecular flexibility index (Phi) is 5.41. The van der Waals surface area contributed by atoms with Gasteiger partial charge in [0.2, 0.25) is 0 Å². The highest BCUT2D eigenvalue weighted by Crippen LogP contribution is 2.29. The van der Waals surface area contributed by atoms with Gasteiger partial charge in [0.1, 0.15) is 6.54 Å². The van der Waals surface area contributed by atoms with Crippen molar-refractivity contribution in [3.8, 4) is 0 Å². The lowest BCUT2D eigenvalue weighted by Gasteiger charge is -2.23. The van der Waals surface area contributed by atoms with Gasteiger partial charge in [-0.05, 0) is 42.5 Å². The van der Waals surface area contributed by atoms with E-state index in [-0.39, 0.29) is 20.6 Å². The van der Waals surface area contributed by atoms with E-state index >= 15 is 0 Å². The summed E-state index contributed by atoms with van der Waals surface area (Å²) in [6.07, 6.45) is 0. The Bertz CT molecular complexity index is 817. The van der Waals surface area contributed by atoms with E-state index in [2.05, 4.69) is 0 Å². The highest BCUT2D eigenvalue weighted by Gasteiger charge is 2.27. The number of sulfonamides is 1. The molecule has 1 N–H and O–H groups in total. The van der Waals surface area contributed by atoms with E-state index < -0.39 is 22.5 Å². The molecule has 0 spiro atoms. The number of hydrogen-bond acceptors (Lipinski definition) is 3. The van der Waals surface area contributed by atoms with Crippen LogP contribution in [0.15, 0.2) is 47.4 Å². The van der Waals surface area contributed by atoms with Gasteiger partial charge in [-0.25, -0.2) is 8.42 Å². The fourth-order valence-corrected chi connectivity index (χ4v) is 3.89. The molecule has 0 unspecified atom stereocenters. The zero-order valence-corrected chi connectivity index (χ0v) is 14.5. The normalized spacial score (nSPS) is 11.3. The number of benzene rings is 2. The van der Waals surface area contributed by atoms with E-state index in [1.165, 1.54) is 42.5 Å². The maximum Gasteiger partial charge on any atom is 0.324 e. The fourth-order valence-electron chi connectivity index (χ4n) is 1.85. The Labute approximate surface area is 148 Å². The summed E-state index contributed by atoms with van der Waals surface area (Å²) in [6, 6.07) is 9.45. The highest BCUT2D eigenvalue weighted by molar-refractivity contribution is 7.92. The number of rotatable bonds is 5. The summed E-state index contributed by atoms with van der Waals surface area (Å²) < 4.78 is 26.2. The summed E-state index contributed by atoms with van der Waals surface area (Å²) in [5, 5.41) is 9.78. The Hall–Kier alpha value is -1.47. The minimum Gasteiger partial charge on any atom is -0.480 e. The molecule has 0 bridgehead atoms. The second-order valence-corrected chi connectivity index (χ2v) is 7.66. The Balaban J connectivity index is 2.57. The molecule has 0 atom stereocenters. The van der Waals surface area contributed by atoms with Gasteiger partial charge in [-0.2, -0.15) is 0 Å². The van der Waals surface area contributed by atoms with E-state index in [1.54, 1.807) is 0 Å². The lowest BCUT2D eigenvalue weighted by atomic mass is 10.3. The minimum absolute atomic E-state index is 0.0554. The van der Waals surface area contributed by atoms with Crippen molar-refractivity contribution in [2.24, 2.45) is 0 Å². The van der Waals surface area contributed by atoms with Crippen LogP contribution >= 0.6 is 34.8 Å². The van der Waals surface area contributed by atoms with Crippen LogP contribution in [0.3, 0.4) is 0 Å². The Morgan fingerprint density at radius 1 is 0.957 bits per heavy atom. The van der Waals surface area contributed by atoms with Crippen LogP contribution in [-0.4, -0.2) is 26.0 Å². The molecule has 23 heavy (non-hydrogen) atoms. The summed E-state index contributed by atoms with van der Waals surface area (Å²) in [4.78, 5) is 11.0. The monoisotopic (exact) mass is 393 g/mol. The first-order chi connectivity index (χ1) is 10.7. The highest BCUT2D eigenvalue weighted by atomic mass is 35.5. The minimum atomic E-state index is -4.12. The van der Waals surface area contributed by atoms with Crippen molar-refractivity contribution in [1.82, 2.24) is 0 Å². The fraction of sp³-hybridized carbons (Fsp3) is 0.0714. The average molecular weight is 395 g/mol.